The Kier molecular flexibility index (Phi) is 7.36. The molecule has 0 heterocycles. The maximum atomic E-state index is 11.3. The molecule has 0 aliphatic carbocycles. The number of benzene rings is 2. The second-order valence-corrected chi connectivity index (χ2v) is 8.29. The predicted molar refractivity (Wildman–Crippen MR) is 109 cm³/mol. The minimum absolute atomic E-state index is 0.0511. The van der Waals surface area contributed by atoms with Gasteiger partial charge < -0.3 is 5.32 Å². The van der Waals surface area contributed by atoms with Crippen LogP contribution in [-0.2, 0) is 10.0 Å². The van der Waals surface area contributed by atoms with E-state index in [1.807, 2.05) is 30.3 Å². The van der Waals surface area contributed by atoms with Crippen LogP contribution in [0.2, 0.25) is 0 Å². The second kappa shape index (κ2) is 9.50. The lowest BCUT2D eigenvalue weighted by molar-refractivity contribution is -0.384. The van der Waals surface area contributed by atoms with E-state index in [2.05, 4.69) is 16.2 Å². The molecule has 0 fully saturated rings. The van der Waals surface area contributed by atoms with Crippen LogP contribution in [0.4, 0.5) is 11.4 Å². The van der Waals surface area contributed by atoms with Crippen LogP contribution in [0.3, 0.4) is 0 Å². The van der Waals surface area contributed by atoms with E-state index in [1.54, 1.807) is 11.8 Å². The van der Waals surface area contributed by atoms with Crippen LogP contribution in [-0.4, -0.2) is 30.8 Å². The topological polar surface area (TPSA) is 139 Å². The van der Waals surface area contributed by atoms with Crippen molar-refractivity contribution in [2.75, 3.05) is 17.7 Å². The van der Waals surface area contributed by atoms with Gasteiger partial charge in [-0.1, -0.05) is 18.2 Å². The monoisotopic (exact) mass is 427 g/mol. The highest BCUT2D eigenvalue weighted by Crippen LogP contribution is 2.26. The highest BCUT2D eigenvalue weighted by atomic mass is 32.2. The maximum absolute atomic E-state index is 11.3. The summed E-state index contributed by atoms with van der Waals surface area (Å²) in [6.45, 7) is 0.583. The summed E-state index contributed by atoms with van der Waals surface area (Å²) < 4.78 is 22.6. The number of hydrazine groups is 1. The zero-order valence-corrected chi connectivity index (χ0v) is 16.4. The third-order valence-corrected chi connectivity index (χ3v) is 5.38. The normalized spacial score (nSPS) is 10.9. The molecule has 0 spiro atoms. The summed E-state index contributed by atoms with van der Waals surface area (Å²) in [6, 6.07) is 13.2. The van der Waals surface area contributed by atoms with Gasteiger partial charge in [0.05, 0.1) is 9.82 Å². The van der Waals surface area contributed by atoms with Crippen LogP contribution in [0.1, 0.15) is 0 Å². The Morgan fingerprint density at radius 3 is 2.56 bits per heavy atom. The number of nitrogens with zero attached hydrogens (tertiary/aromatic N) is 1. The summed E-state index contributed by atoms with van der Waals surface area (Å²) in [5.41, 5.74) is 4.82. The number of hydrogen-bond donors (Lipinski definition) is 4. The third-order valence-electron chi connectivity index (χ3n) is 3.20. The molecule has 2 rings (SSSR count). The van der Waals surface area contributed by atoms with Gasteiger partial charge in [-0.3, -0.25) is 21.0 Å². The van der Waals surface area contributed by atoms with Crippen LogP contribution in [0.5, 0.6) is 0 Å². The molecule has 0 bridgehead atoms. The first-order chi connectivity index (χ1) is 12.8. The largest absolute Gasteiger partial charge is 0.361 e. The summed E-state index contributed by atoms with van der Waals surface area (Å²) >= 11 is 6.76. The lowest BCUT2D eigenvalue weighted by atomic mass is 10.3. The minimum Gasteiger partial charge on any atom is -0.361 e. The van der Waals surface area contributed by atoms with Gasteiger partial charge in [0, 0.05) is 23.3 Å². The molecule has 0 aliphatic heterocycles. The maximum Gasteiger partial charge on any atom is 0.295 e. The number of thiocarbonyl (C=S) groups is 1. The van der Waals surface area contributed by atoms with Crippen molar-refractivity contribution in [1.82, 2.24) is 10.7 Å². The summed E-state index contributed by atoms with van der Waals surface area (Å²) in [5.74, 6) is 0.773. The Morgan fingerprint density at radius 2 is 1.93 bits per heavy atom. The molecule has 5 N–H and O–H groups in total. The smallest absolute Gasteiger partial charge is 0.295 e. The molecule has 0 saturated carbocycles. The Bertz CT molecular complexity index is 922. The van der Waals surface area contributed by atoms with E-state index in [1.165, 1.54) is 12.1 Å². The zero-order chi connectivity index (χ0) is 19.9. The van der Waals surface area contributed by atoms with E-state index in [0.717, 1.165) is 16.7 Å². The average molecular weight is 428 g/mol. The third kappa shape index (κ3) is 6.67. The number of hydrogen-bond acceptors (Lipinski definition) is 7. The van der Waals surface area contributed by atoms with E-state index in [0.29, 0.717) is 6.54 Å². The molecule has 0 saturated heterocycles. The number of sulfonamides is 1. The molecule has 9 nitrogen and oxygen atoms in total. The standard InChI is InChI=1S/C15H17N5O4S3/c16-27(23,24)12-6-7-13(14(10-12)20(21)22)18-19-15(25)17-8-9-26-11-4-2-1-3-5-11/h1-7,10,18H,8-9H2,(H2,16,23,24)(H2,17,19,25). The number of nitrogens with two attached hydrogens (primary N) is 1. The molecule has 2 aromatic carbocycles. The summed E-state index contributed by atoms with van der Waals surface area (Å²) in [7, 11) is -4.04. The summed E-state index contributed by atoms with van der Waals surface area (Å²) in [5, 5.41) is 19.3. The Balaban J connectivity index is 1.86. The number of primary sulfonamides is 1. The van der Waals surface area contributed by atoms with E-state index in [9.17, 15) is 18.5 Å². The number of nitro benzene ring substituents is 1. The van der Waals surface area contributed by atoms with Crippen LogP contribution in [0, 0.1) is 10.1 Å². The molecule has 0 aliphatic rings. The van der Waals surface area contributed by atoms with Gasteiger partial charge in [-0.25, -0.2) is 13.6 Å². The molecule has 2 aromatic rings. The molecule has 144 valence electrons. The van der Waals surface area contributed by atoms with Crippen molar-refractivity contribution in [3.05, 3.63) is 58.6 Å². The fourth-order valence-electron chi connectivity index (χ4n) is 1.96. The lowest BCUT2D eigenvalue weighted by Gasteiger charge is -2.13. The van der Waals surface area contributed by atoms with Crippen LogP contribution >= 0.6 is 24.0 Å². The van der Waals surface area contributed by atoms with Gasteiger partial charge in [0.1, 0.15) is 5.69 Å². The average Bonchev–Trinajstić information content (AvgIpc) is 2.63. The van der Waals surface area contributed by atoms with Crippen molar-refractivity contribution in [3.63, 3.8) is 0 Å². The van der Waals surface area contributed by atoms with Crippen molar-refractivity contribution in [3.8, 4) is 0 Å². The first kappa shape index (κ1) is 20.9. The van der Waals surface area contributed by atoms with Crippen molar-refractivity contribution < 1.29 is 13.3 Å². The summed E-state index contributed by atoms with van der Waals surface area (Å²) in [4.78, 5) is 11.2. The number of nitro groups is 1. The van der Waals surface area contributed by atoms with Gasteiger partial charge >= 0.3 is 0 Å². The number of nitrogens with one attached hydrogen (secondary N) is 3. The molecule has 12 heteroatoms. The van der Waals surface area contributed by atoms with Crippen LogP contribution < -0.4 is 21.3 Å². The van der Waals surface area contributed by atoms with Gasteiger partial charge in [-0.05, 0) is 36.5 Å². The Labute approximate surface area is 165 Å². The first-order valence-corrected chi connectivity index (χ1v) is 10.5. The number of rotatable bonds is 8. The van der Waals surface area contributed by atoms with Crippen molar-refractivity contribution in [2.24, 2.45) is 5.14 Å². The molecule has 0 radical (unpaired) electrons. The Hall–Kier alpha value is -2.41. The van der Waals surface area contributed by atoms with Crippen LogP contribution in [0.25, 0.3) is 0 Å². The quantitative estimate of drug-likeness (QED) is 0.163. The zero-order valence-electron chi connectivity index (χ0n) is 13.9. The molecule has 27 heavy (non-hydrogen) atoms. The fourth-order valence-corrected chi connectivity index (χ4v) is 3.44. The molecule has 0 atom stereocenters. The SMILES string of the molecule is NS(=O)(=O)c1ccc(NNC(=S)NCCSc2ccccc2)c([N+](=O)[O-])c1. The molecular formula is C15H17N5O4S3. The second-order valence-electron chi connectivity index (χ2n) is 5.15. The highest BCUT2D eigenvalue weighted by Gasteiger charge is 2.19. The molecule has 0 unspecified atom stereocenters. The van der Waals surface area contributed by atoms with Crippen molar-refractivity contribution in [2.45, 2.75) is 9.79 Å². The van der Waals surface area contributed by atoms with Crippen molar-refractivity contribution in [1.29, 1.82) is 0 Å². The highest BCUT2D eigenvalue weighted by molar-refractivity contribution is 7.99. The van der Waals surface area contributed by atoms with Crippen molar-refractivity contribution >= 4 is 50.5 Å². The Morgan fingerprint density at radius 1 is 1.22 bits per heavy atom. The van der Waals surface area contributed by atoms with Gasteiger partial charge in [-0.2, -0.15) is 0 Å². The molecule has 0 aromatic heterocycles. The predicted octanol–water partition coefficient (Wildman–Crippen LogP) is 1.83. The fraction of sp³-hybridized carbons (Fsp3) is 0.133. The van der Waals surface area contributed by atoms with E-state index >= 15 is 0 Å². The van der Waals surface area contributed by atoms with Gasteiger partial charge in [0.2, 0.25) is 10.0 Å². The van der Waals surface area contributed by atoms with E-state index < -0.39 is 20.6 Å². The summed E-state index contributed by atoms with van der Waals surface area (Å²) in [6.07, 6.45) is 0. The first-order valence-electron chi connectivity index (χ1n) is 7.56. The van der Waals surface area contributed by atoms with Gasteiger partial charge in [0.25, 0.3) is 5.69 Å². The van der Waals surface area contributed by atoms with E-state index in [4.69, 9.17) is 17.4 Å². The van der Waals surface area contributed by atoms with E-state index in [-0.39, 0.29) is 15.7 Å². The minimum atomic E-state index is -4.04. The molecule has 0 amide bonds. The van der Waals surface area contributed by atoms with Gasteiger partial charge in [-0.15, -0.1) is 11.8 Å². The molecular weight excluding hydrogens is 410 g/mol. The number of thioether (sulfide) groups is 1. The number of anilines is 1. The van der Waals surface area contributed by atoms with Crippen LogP contribution in [0.15, 0.2) is 58.3 Å². The van der Waals surface area contributed by atoms with Gasteiger partial charge in [0.15, 0.2) is 5.11 Å². The lowest BCUT2D eigenvalue weighted by Crippen LogP contribution is -2.39.